The maximum absolute atomic E-state index is 13.5. The number of amides is 1. The molecule has 1 atom stereocenters. The third-order valence-electron chi connectivity index (χ3n) is 4.97. The summed E-state index contributed by atoms with van der Waals surface area (Å²) in [6.45, 7) is 1.43. The van der Waals surface area contributed by atoms with Crippen LogP contribution in [-0.2, 0) is 16.0 Å². The van der Waals surface area contributed by atoms with Crippen molar-refractivity contribution in [1.29, 1.82) is 0 Å². The van der Waals surface area contributed by atoms with Crippen molar-refractivity contribution in [2.75, 3.05) is 26.8 Å². The molecular weight excluding hydrogens is 359 g/mol. The number of pyridine rings is 1. The maximum Gasteiger partial charge on any atom is 0.227 e. The van der Waals surface area contributed by atoms with Gasteiger partial charge in [-0.25, -0.2) is 4.39 Å². The SMILES string of the molecule is COc1ccc(CC(=O)N2CCO[C@@H](c3cc4cc(F)ccc4cn3)C2)cc1. The Morgan fingerprint density at radius 3 is 2.82 bits per heavy atom. The molecule has 0 radical (unpaired) electrons. The van der Waals surface area contributed by atoms with Gasteiger partial charge in [-0.05, 0) is 47.3 Å². The van der Waals surface area contributed by atoms with E-state index in [-0.39, 0.29) is 17.8 Å². The molecule has 144 valence electrons. The molecule has 28 heavy (non-hydrogen) atoms. The van der Waals surface area contributed by atoms with E-state index in [1.165, 1.54) is 12.1 Å². The number of morpholine rings is 1. The van der Waals surface area contributed by atoms with E-state index >= 15 is 0 Å². The number of rotatable bonds is 4. The van der Waals surface area contributed by atoms with Crippen molar-refractivity contribution in [3.63, 3.8) is 0 Å². The third kappa shape index (κ3) is 3.97. The highest BCUT2D eigenvalue weighted by Crippen LogP contribution is 2.25. The molecule has 0 aliphatic carbocycles. The Hall–Kier alpha value is -2.99. The Labute approximate surface area is 162 Å². The molecule has 0 saturated carbocycles. The number of hydrogen-bond donors (Lipinski definition) is 0. The number of halogens is 1. The zero-order valence-electron chi connectivity index (χ0n) is 15.6. The second-order valence-corrected chi connectivity index (χ2v) is 6.82. The fourth-order valence-electron chi connectivity index (χ4n) is 3.39. The minimum absolute atomic E-state index is 0.0466. The van der Waals surface area contributed by atoms with Crippen molar-refractivity contribution in [3.05, 3.63) is 71.8 Å². The molecule has 1 aliphatic heterocycles. The van der Waals surface area contributed by atoms with Crippen molar-refractivity contribution >= 4 is 16.7 Å². The van der Waals surface area contributed by atoms with Crippen LogP contribution < -0.4 is 4.74 Å². The van der Waals surface area contributed by atoms with Crippen LogP contribution >= 0.6 is 0 Å². The number of ether oxygens (including phenoxy) is 2. The average Bonchev–Trinajstić information content (AvgIpc) is 2.74. The highest BCUT2D eigenvalue weighted by Gasteiger charge is 2.26. The van der Waals surface area contributed by atoms with Crippen LogP contribution in [0.1, 0.15) is 17.4 Å². The van der Waals surface area contributed by atoms with Gasteiger partial charge in [-0.3, -0.25) is 9.78 Å². The summed E-state index contributed by atoms with van der Waals surface area (Å²) in [5.41, 5.74) is 1.65. The summed E-state index contributed by atoms with van der Waals surface area (Å²) < 4.78 is 24.5. The smallest absolute Gasteiger partial charge is 0.227 e. The van der Waals surface area contributed by atoms with Crippen molar-refractivity contribution in [2.45, 2.75) is 12.5 Å². The van der Waals surface area contributed by atoms with Gasteiger partial charge in [0, 0.05) is 18.1 Å². The highest BCUT2D eigenvalue weighted by atomic mass is 19.1. The summed E-state index contributed by atoms with van der Waals surface area (Å²) in [4.78, 5) is 19.0. The summed E-state index contributed by atoms with van der Waals surface area (Å²) in [7, 11) is 1.61. The van der Waals surface area contributed by atoms with Crippen molar-refractivity contribution in [3.8, 4) is 5.75 Å². The minimum atomic E-state index is -0.318. The van der Waals surface area contributed by atoms with Crippen LogP contribution in [0.15, 0.2) is 54.7 Å². The number of methoxy groups -OCH3 is 1. The lowest BCUT2D eigenvalue weighted by Gasteiger charge is -2.33. The Balaban J connectivity index is 1.46. The normalized spacial score (nSPS) is 16.9. The fraction of sp³-hybridized carbons (Fsp3) is 0.273. The first-order valence-electron chi connectivity index (χ1n) is 9.20. The van der Waals surface area contributed by atoms with Gasteiger partial charge in [-0.1, -0.05) is 12.1 Å². The van der Waals surface area contributed by atoms with Crippen molar-refractivity contribution in [2.24, 2.45) is 0 Å². The lowest BCUT2D eigenvalue weighted by Crippen LogP contribution is -2.43. The van der Waals surface area contributed by atoms with E-state index in [1.807, 2.05) is 30.3 Å². The van der Waals surface area contributed by atoms with Crippen LogP contribution in [0.5, 0.6) is 5.75 Å². The molecule has 0 spiro atoms. The summed E-state index contributed by atoms with van der Waals surface area (Å²) in [6.07, 6.45) is 1.72. The van der Waals surface area contributed by atoms with Crippen LogP contribution in [0, 0.1) is 5.82 Å². The second-order valence-electron chi connectivity index (χ2n) is 6.82. The third-order valence-corrected chi connectivity index (χ3v) is 4.97. The van der Waals surface area contributed by atoms with Crippen molar-refractivity contribution in [1.82, 2.24) is 9.88 Å². The Kier molecular flexibility index (Phi) is 5.21. The van der Waals surface area contributed by atoms with Crippen molar-refractivity contribution < 1.29 is 18.7 Å². The quantitative estimate of drug-likeness (QED) is 0.695. The van der Waals surface area contributed by atoms with Gasteiger partial charge in [0.1, 0.15) is 17.7 Å². The summed E-state index contributed by atoms with van der Waals surface area (Å²) >= 11 is 0. The molecule has 1 aliphatic rings. The van der Waals surface area contributed by atoms with E-state index < -0.39 is 0 Å². The standard InChI is InChI=1S/C22H21FN2O3/c1-27-19-6-2-15(3-7-19)10-22(26)25-8-9-28-21(14-25)20-12-17-11-18(23)5-4-16(17)13-24-20/h2-7,11-13,21H,8-10,14H2,1H3/t21-/m1/s1. The van der Waals surface area contributed by atoms with Gasteiger partial charge in [0.05, 0.1) is 32.4 Å². The number of carbonyl (C=O) groups excluding carboxylic acids is 1. The van der Waals surface area contributed by atoms with Gasteiger partial charge >= 0.3 is 0 Å². The van der Waals surface area contributed by atoms with Gasteiger partial charge in [-0.2, -0.15) is 0 Å². The van der Waals surface area contributed by atoms with Gasteiger partial charge in [-0.15, -0.1) is 0 Å². The molecule has 2 aromatic carbocycles. The molecule has 0 unspecified atom stereocenters. The Morgan fingerprint density at radius 2 is 2.04 bits per heavy atom. The molecule has 1 saturated heterocycles. The zero-order chi connectivity index (χ0) is 19.5. The number of carbonyl (C=O) groups is 1. The first kappa shape index (κ1) is 18.4. The summed E-state index contributed by atoms with van der Waals surface area (Å²) in [6, 6.07) is 13.9. The van der Waals surface area contributed by atoms with Gasteiger partial charge in [0.2, 0.25) is 5.91 Å². The van der Waals surface area contributed by atoms with E-state index in [0.717, 1.165) is 22.1 Å². The van der Waals surface area contributed by atoms with E-state index in [0.29, 0.717) is 31.8 Å². The van der Waals surface area contributed by atoms with Crippen LogP contribution in [0.25, 0.3) is 10.8 Å². The lowest BCUT2D eigenvalue weighted by atomic mass is 10.1. The molecule has 1 aromatic heterocycles. The van der Waals surface area contributed by atoms with Crippen LogP contribution in [0.2, 0.25) is 0 Å². The largest absolute Gasteiger partial charge is 0.497 e. The number of hydrogen-bond acceptors (Lipinski definition) is 4. The average molecular weight is 380 g/mol. The minimum Gasteiger partial charge on any atom is -0.497 e. The van der Waals surface area contributed by atoms with Crippen LogP contribution in [-0.4, -0.2) is 42.6 Å². The van der Waals surface area contributed by atoms with E-state index in [1.54, 1.807) is 24.3 Å². The first-order chi connectivity index (χ1) is 13.6. The highest BCUT2D eigenvalue weighted by molar-refractivity contribution is 5.82. The predicted molar refractivity (Wildman–Crippen MR) is 104 cm³/mol. The number of benzene rings is 2. The molecule has 1 fully saturated rings. The lowest BCUT2D eigenvalue weighted by molar-refractivity contribution is -0.138. The predicted octanol–water partition coefficient (Wildman–Crippen LogP) is 3.53. The molecule has 2 heterocycles. The summed E-state index contributed by atoms with van der Waals surface area (Å²) in [5.74, 6) is 0.525. The van der Waals surface area contributed by atoms with Crippen LogP contribution in [0.4, 0.5) is 4.39 Å². The first-order valence-corrected chi connectivity index (χ1v) is 9.20. The maximum atomic E-state index is 13.5. The molecular formula is C22H21FN2O3. The monoisotopic (exact) mass is 380 g/mol. The van der Waals surface area contributed by atoms with Gasteiger partial charge in [0.15, 0.2) is 0 Å². The molecule has 3 aromatic rings. The fourth-order valence-corrected chi connectivity index (χ4v) is 3.39. The Morgan fingerprint density at radius 1 is 1.21 bits per heavy atom. The number of fused-ring (bicyclic) bond motifs is 1. The van der Waals surface area contributed by atoms with Gasteiger partial charge < -0.3 is 14.4 Å². The molecule has 4 rings (SSSR count). The van der Waals surface area contributed by atoms with E-state index in [4.69, 9.17) is 9.47 Å². The zero-order valence-corrected chi connectivity index (χ0v) is 15.6. The summed E-state index contributed by atoms with van der Waals surface area (Å²) in [5, 5.41) is 1.64. The second kappa shape index (κ2) is 7.94. The van der Waals surface area contributed by atoms with Gasteiger partial charge in [0.25, 0.3) is 0 Å². The van der Waals surface area contributed by atoms with E-state index in [2.05, 4.69) is 4.98 Å². The van der Waals surface area contributed by atoms with Crippen LogP contribution in [0.3, 0.4) is 0 Å². The molecule has 6 heteroatoms. The molecule has 1 amide bonds. The molecule has 0 N–H and O–H groups in total. The number of nitrogens with zero attached hydrogens (tertiary/aromatic N) is 2. The topological polar surface area (TPSA) is 51.7 Å². The Bertz CT molecular complexity index is 991. The molecule has 0 bridgehead atoms. The van der Waals surface area contributed by atoms with E-state index in [9.17, 15) is 9.18 Å². The molecule has 5 nitrogen and oxygen atoms in total. The number of aromatic nitrogens is 1.